The van der Waals surface area contributed by atoms with Crippen LogP contribution in [0.15, 0.2) is 18.3 Å². The molecule has 0 saturated carbocycles. The van der Waals surface area contributed by atoms with Crippen molar-refractivity contribution in [2.24, 2.45) is 5.92 Å². The molecule has 0 bridgehead atoms. The summed E-state index contributed by atoms with van der Waals surface area (Å²) in [6.07, 6.45) is 2.76. The van der Waals surface area contributed by atoms with Crippen LogP contribution in [0.25, 0.3) is 0 Å². The molecular weight excluding hydrogens is 224 g/mol. The minimum absolute atomic E-state index is 0.140. The van der Waals surface area contributed by atoms with Gasteiger partial charge in [0.05, 0.1) is 6.10 Å². The van der Waals surface area contributed by atoms with Crippen molar-refractivity contribution in [1.82, 2.24) is 4.98 Å². The van der Waals surface area contributed by atoms with Gasteiger partial charge in [0.1, 0.15) is 5.82 Å². The third kappa shape index (κ3) is 2.83. The molecule has 1 aromatic heterocycles. The van der Waals surface area contributed by atoms with Crippen LogP contribution < -0.4 is 4.90 Å². The van der Waals surface area contributed by atoms with Crippen molar-refractivity contribution in [3.63, 3.8) is 0 Å². The highest BCUT2D eigenvalue weighted by Crippen LogP contribution is 2.25. The maximum absolute atomic E-state index is 9.92. The number of aliphatic hydroxyl groups is 1. The number of nitrogens with zero attached hydrogens (tertiary/aromatic N) is 2. The highest BCUT2D eigenvalue weighted by molar-refractivity contribution is 5.41. The molecule has 100 valence electrons. The van der Waals surface area contributed by atoms with Gasteiger partial charge in [-0.25, -0.2) is 4.98 Å². The van der Waals surface area contributed by atoms with Gasteiger partial charge in [-0.2, -0.15) is 0 Å². The molecule has 0 aliphatic carbocycles. The summed E-state index contributed by atoms with van der Waals surface area (Å²) >= 11 is 0. The van der Waals surface area contributed by atoms with Crippen LogP contribution in [0, 0.1) is 5.92 Å². The Morgan fingerprint density at radius 3 is 2.56 bits per heavy atom. The van der Waals surface area contributed by atoms with Crippen molar-refractivity contribution in [3.8, 4) is 0 Å². The fourth-order valence-electron chi connectivity index (χ4n) is 2.27. The number of anilines is 1. The third-order valence-corrected chi connectivity index (χ3v) is 3.86. The van der Waals surface area contributed by atoms with E-state index in [1.54, 1.807) is 0 Å². The van der Waals surface area contributed by atoms with Crippen LogP contribution in [-0.4, -0.2) is 29.3 Å². The highest BCUT2D eigenvalue weighted by Gasteiger charge is 2.25. The third-order valence-electron chi connectivity index (χ3n) is 3.86. The monoisotopic (exact) mass is 248 g/mol. The largest absolute Gasteiger partial charge is 0.391 e. The number of hydrogen-bond acceptors (Lipinski definition) is 3. The van der Waals surface area contributed by atoms with Gasteiger partial charge in [0.25, 0.3) is 0 Å². The summed E-state index contributed by atoms with van der Waals surface area (Å²) in [5, 5.41) is 9.92. The van der Waals surface area contributed by atoms with Gasteiger partial charge in [0, 0.05) is 19.3 Å². The SMILES string of the molecule is CC1CCN(c2ccc(C(C)(C)C)cn2)CC1O. The van der Waals surface area contributed by atoms with Crippen LogP contribution in [0.3, 0.4) is 0 Å². The molecule has 18 heavy (non-hydrogen) atoms. The fraction of sp³-hybridized carbons (Fsp3) is 0.667. The van der Waals surface area contributed by atoms with Crippen molar-refractivity contribution in [1.29, 1.82) is 0 Å². The first-order valence-electron chi connectivity index (χ1n) is 6.77. The zero-order valence-corrected chi connectivity index (χ0v) is 11.8. The summed E-state index contributed by atoms with van der Waals surface area (Å²) in [4.78, 5) is 6.72. The van der Waals surface area contributed by atoms with Crippen molar-refractivity contribution in [2.45, 2.75) is 45.6 Å². The smallest absolute Gasteiger partial charge is 0.128 e. The molecule has 0 radical (unpaired) electrons. The lowest BCUT2D eigenvalue weighted by Gasteiger charge is -2.35. The quantitative estimate of drug-likeness (QED) is 0.830. The van der Waals surface area contributed by atoms with Crippen LogP contribution in [0.1, 0.15) is 39.7 Å². The van der Waals surface area contributed by atoms with E-state index in [1.807, 2.05) is 6.20 Å². The summed E-state index contributed by atoms with van der Waals surface area (Å²) in [5.74, 6) is 1.38. The van der Waals surface area contributed by atoms with Crippen LogP contribution in [-0.2, 0) is 5.41 Å². The number of hydrogen-bond donors (Lipinski definition) is 1. The molecule has 2 rings (SSSR count). The maximum atomic E-state index is 9.92. The summed E-state index contributed by atoms with van der Waals surface area (Å²) in [5.41, 5.74) is 1.39. The molecule has 1 N–H and O–H groups in total. The Hall–Kier alpha value is -1.09. The Morgan fingerprint density at radius 1 is 1.33 bits per heavy atom. The fourth-order valence-corrected chi connectivity index (χ4v) is 2.27. The first-order valence-corrected chi connectivity index (χ1v) is 6.77. The molecule has 2 atom stereocenters. The highest BCUT2D eigenvalue weighted by atomic mass is 16.3. The van der Waals surface area contributed by atoms with Crippen LogP contribution in [0.4, 0.5) is 5.82 Å². The van der Waals surface area contributed by atoms with Crippen LogP contribution in [0.2, 0.25) is 0 Å². The minimum Gasteiger partial charge on any atom is -0.391 e. The molecule has 0 aromatic carbocycles. The zero-order chi connectivity index (χ0) is 13.3. The Kier molecular flexibility index (Phi) is 3.62. The number of aliphatic hydroxyl groups excluding tert-OH is 1. The van der Waals surface area contributed by atoms with E-state index in [2.05, 4.69) is 49.7 Å². The maximum Gasteiger partial charge on any atom is 0.128 e. The molecule has 0 spiro atoms. The predicted molar refractivity (Wildman–Crippen MR) is 74.9 cm³/mol. The second-order valence-corrected chi connectivity index (χ2v) is 6.43. The first kappa shape index (κ1) is 13.3. The molecule has 1 aliphatic rings. The summed E-state index contributed by atoms with van der Waals surface area (Å²) in [7, 11) is 0. The predicted octanol–water partition coefficient (Wildman–Crippen LogP) is 2.59. The Morgan fingerprint density at radius 2 is 2.06 bits per heavy atom. The molecule has 1 saturated heterocycles. The molecule has 3 heteroatoms. The molecule has 1 aromatic rings. The van der Waals surface area contributed by atoms with E-state index < -0.39 is 0 Å². The molecular formula is C15H24N2O. The molecule has 2 unspecified atom stereocenters. The lowest BCUT2D eigenvalue weighted by Crippen LogP contribution is -2.43. The van der Waals surface area contributed by atoms with Crippen molar-refractivity contribution < 1.29 is 5.11 Å². The van der Waals surface area contributed by atoms with Gasteiger partial charge in [0.15, 0.2) is 0 Å². The Bertz CT molecular complexity index is 394. The van der Waals surface area contributed by atoms with E-state index in [1.165, 1.54) is 5.56 Å². The summed E-state index contributed by atoms with van der Waals surface area (Å²) in [6.45, 7) is 10.4. The van der Waals surface area contributed by atoms with Gasteiger partial charge in [-0.1, -0.05) is 33.8 Å². The van der Waals surface area contributed by atoms with Crippen LogP contribution in [0.5, 0.6) is 0 Å². The summed E-state index contributed by atoms with van der Waals surface area (Å²) < 4.78 is 0. The van der Waals surface area contributed by atoms with Crippen LogP contribution >= 0.6 is 0 Å². The average molecular weight is 248 g/mol. The second-order valence-electron chi connectivity index (χ2n) is 6.43. The zero-order valence-electron chi connectivity index (χ0n) is 11.8. The van der Waals surface area contributed by atoms with Gasteiger partial charge < -0.3 is 10.0 Å². The van der Waals surface area contributed by atoms with E-state index in [-0.39, 0.29) is 11.5 Å². The number of β-amino-alcohol motifs (C(OH)–C–C–N with tert-alkyl or cyclic N) is 1. The molecule has 2 heterocycles. The van der Waals surface area contributed by atoms with E-state index in [9.17, 15) is 5.11 Å². The summed E-state index contributed by atoms with van der Waals surface area (Å²) in [6, 6.07) is 4.22. The molecule has 3 nitrogen and oxygen atoms in total. The van der Waals surface area contributed by atoms with Crippen molar-refractivity contribution >= 4 is 5.82 Å². The number of rotatable bonds is 1. The average Bonchev–Trinajstić information content (AvgIpc) is 2.32. The lowest BCUT2D eigenvalue weighted by molar-refractivity contribution is 0.102. The molecule has 1 fully saturated rings. The Labute approximate surface area is 110 Å². The number of pyridine rings is 1. The lowest BCUT2D eigenvalue weighted by atomic mass is 9.88. The topological polar surface area (TPSA) is 36.4 Å². The van der Waals surface area contributed by atoms with Gasteiger partial charge >= 0.3 is 0 Å². The Balaban J connectivity index is 2.11. The molecule has 0 amide bonds. The number of aromatic nitrogens is 1. The van der Waals surface area contributed by atoms with E-state index in [4.69, 9.17) is 0 Å². The first-order chi connectivity index (χ1) is 8.38. The van der Waals surface area contributed by atoms with Gasteiger partial charge in [0.2, 0.25) is 0 Å². The van der Waals surface area contributed by atoms with Gasteiger partial charge in [-0.15, -0.1) is 0 Å². The van der Waals surface area contributed by atoms with E-state index in [0.717, 1.165) is 18.8 Å². The van der Waals surface area contributed by atoms with Crippen molar-refractivity contribution in [2.75, 3.05) is 18.0 Å². The standard InChI is InChI=1S/C15H24N2O/c1-11-7-8-17(10-13(11)18)14-6-5-12(9-16-14)15(2,3)4/h5-6,9,11,13,18H,7-8,10H2,1-4H3. The van der Waals surface area contributed by atoms with Gasteiger partial charge in [-0.3, -0.25) is 0 Å². The normalized spacial score (nSPS) is 25.3. The number of piperidine rings is 1. The minimum atomic E-state index is -0.233. The van der Waals surface area contributed by atoms with E-state index in [0.29, 0.717) is 12.5 Å². The van der Waals surface area contributed by atoms with E-state index >= 15 is 0 Å². The molecule has 1 aliphatic heterocycles. The van der Waals surface area contributed by atoms with Gasteiger partial charge in [-0.05, 0) is 29.4 Å². The van der Waals surface area contributed by atoms with Crippen molar-refractivity contribution in [3.05, 3.63) is 23.9 Å². The second kappa shape index (κ2) is 4.88.